The fourth-order valence-electron chi connectivity index (χ4n) is 0.385. The highest BCUT2D eigenvalue weighted by Crippen LogP contribution is 1.79. The molecule has 0 atom stereocenters. The van der Waals surface area contributed by atoms with E-state index in [1.807, 2.05) is 36.4 Å². The minimum Gasteiger partial charge on any atom is -0.479 e. The fraction of sp³-hybridized carbons (Fsp3) is 0.125. The van der Waals surface area contributed by atoms with Crippen molar-refractivity contribution in [3.8, 4) is 0 Å². The van der Waals surface area contributed by atoms with Gasteiger partial charge < -0.3 is 5.11 Å². The van der Waals surface area contributed by atoms with Crippen LogP contribution in [0.3, 0.4) is 0 Å². The van der Waals surface area contributed by atoms with Crippen LogP contribution in [0, 0.1) is 0 Å². The molecule has 0 fully saturated rings. The van der Waals surface area contributed by atoms with E-state index in [2.05, 4.69) is 0 Å². The van der Waals surface area contributed by atoms with Crippen LogP contribution in [-0.4, -0.2) is 17.8 Å². The standard InChI is InChI=1S/C6H6.C2H3FO2.5FH/c1-2-4-6-5-3-1;3-1-2(4)5;;;;;/h1-6H;1H2,(H,4,5);5*1H. The molecule has 0 heterocycles. The Morgan fingerprint density at radius 3 is 1.00 bits per heavy atom. The van der Waals surface area contributed by atoms with Gasteiger partial charge in [-0.1, -0.05) is 36.4 Å². The minimum atomic E-state index is -1.41. The number of hydrogen-bond donors (Lipinski definition) is 1. The molecular formula is C8H14F6O2. The highest BCUT2D eigenvalue weighted by Gasteiger charge is 1.85. The van der Waals surface area contributed by atoms with Gasteiger partial charge in [0.1, 0.15) is 0 Å². The van der Waals surface area contributed by atoms with Gasteiger partial charge >= 0.3 is 5.97 Å². The fourth-order valence-corrected chi connectivity index (χ4v) is 0.385. The van der Waals surface area contributed by atoms with E-state index in [0.29, 0.717) is 0 Å². The Labute approximate surface area is 87.9 Å². The third-order valence-corrected chi connectivity index (χ3v) is 0.781. The van der Waals surface area contributed by atoms with Gasteiger partial charge in [0.05, 0.1) is 0 Å². The van der Waals surface area contributed by atoms with Gasteiger partial charge in [-0.15, -0.1) is 0 Å². The van der Waals surface area contributed by atoms with E-state index in [-0.39, 0.29) is 23.5 Å². The van der Waals surface area contributed by atoms with Gasteiger partial charge in [-0.25, -0.2) is 9.18 Å². The van der Waals surface area contributed by atoms with Crippen LogP contribution in [0.1, 0.15) is 0 Å². The third kappa shape index (κ3) is 39.6. The second kappa shape index (κ2) is 29.2. The first kappa shape index (κ1) is 36.7. The molecule has 0 aliphatic carbocycles. The Morgan fingerprint density at radius 1 is 0.812 bits per heavy atom. The zero-order chi connectivity index (χ0) is 8.53. The summed E-state index contributed by atoms with van der Waals surface area (Å²) in [6.07, 6.45) is 0. The molecule has 100 valence electrons. The molecule has 0 unspecified atom stereocenters. The zero-order valence-electron chi connectivity index (χ0n) is 7.95. The van der Waals surface area contributed by atoms with E-state index in [9.17, 15) is 4.39 Å². The summed E-state index contributed by atoms with van der Waals surface area (Å²) in [5.41, 5.74) is 0. The third-order valence-electron chi connectivity index (χ3n) is 0.781. The molecule has 1 rings (SSSR count). The lowest BCUT2D eigenvalue weighted by atomic mass is 10.4. The van der Waals surface area contributed by atoms with E-state index < -0.39 is 12.6 Å². The lowest BCUT2D eigenvalue weighted by Crippen LogP contribution is -1.93. The van der Waals surface area contributed by atoms with Crippen molar-refractivity contribution >= 4 is 5.97 Å². The Morgan fingerprint density at radius 2 is 0.938 bits per heavy atom. The van der Waals surface area contributed by atoms with E-state index in [1.165, 1.54) is 0 Å². The highest BCUT2D eigenvalue weighted by molar-refractivity contribution is 5.67. The first-order valence-electron chi connectivity index (χ1n) is 3.05. The topological polar surface area (TPSA) is 37.3 Å². The number of carboxylic acids is 1. The molecule has 0 aliphatic heterocycles. The van der Waals surface area contributed by atoms with Gasteiger partial charge in [-0.3, -0.25) is 23.5 Å². The Bertz CT molecular complexity index is 170. The Hall–Kier alpha value is -1.73. The molecule has 1 aromatic carbocycles. The molecule has 0 saturated carbocycles. The number of alkyl halides is 1. The summed E-state index contributed by atoms with van der Waals surface area (Å²) in [6, 6.07) is 12.0. The second-order valence-corrected chi connectivity index (χ2v) is 1.68. The summed E-state index contributed by atoms with van der Waals surface area (Å²) in [5.74, 6) is -1.41. The normalized spacial score (nSPS) is 5.31. The number of hydrogen-bond acceptors (Lipinski definition) is 1. The van der Waals surface area contributed by atoms with Crippen LogP contribution in [0.4, 0.5) is 27.9 Å². The maximum absolute atomic E-state index is 10.5. The van der Waals surface area contributed by atoms with Gasteiger partial charge in [0.25, 0.3) is 0 Å². The average Bonchev–Trinajstić information content (AvgIpc) is 2.09. The monoisotopic (exact) mass is 256 g/mol. The molecule has 1 N–H and O–H groups in total. The number of aliphatic carboxylic acids is 1. The van der Waals surface area contributed by atoms with E-state index in [1.54, 1.807) is 0 Å². The van der Waals surface area contributed by atoms with E-state index >= 15 is 0 Å². The quantitative estimate of drug-likeness (QED) is 0.784. The molecule has 0 spiro atoms. The molecule has 0 bridgehead atoms. The first-order valence-corrected chi connectivity index (χ1v) is 3.05. The number of halogens is 6. The number of benzene rings is 1. The van der Waals surface area contributed by atoms with Crippen LogP contribution in [-0.2, 0) is 4.79 Å². The number of carbonyl (C=O) groups is 1. The van der Waals surface area contributed by atoms with Crippen molar-refractivity contribution in [2.45, 2.75) is 0 Å². The van der Waals surface area contributed by atoms with Crippen molar-refractivity contribution in [1.82, 2.24) is 0 Å². The van der Waals surface area contributed by atoms with Gasteiger partial charge in [0.15, 0.2) is 6.67 Å². The molecule has 0 saturated heterocycles. The molecule has 8 heteroatoms. The molecule has 1 aromatic rings. The van der Waals surface area contributed by atoms with Crippen molar-refractivity contribution in [3.05, 3.63) is 36.4 Å². The maximum atomic E-state index is 10.5. The lowest BCUT2D eigenvalue weighted by Gasteiger charge is -1.69. The zero-order valence-corrected chi connectivity index (χ0v) is 7.95. The molecule has 0 aliphatic rings. The van der Waals surface area contributed by atoms with Crippen molar-refractivity contribution < 1.29 is 37.8 Å². The molecule has 0 radical (unpaired) electrons. The van der Waals surface area contributed by atoms with Crippen LogP contribution >= 0.6 is 0 Å². The predicted molar refractivity (Wildman–Crippen MR) is 52.6 cm³/mol. The van der Waals surface area contributed by atoms with Crippen molar-refractivity contribution in [1.29, 1.82) is 0 Å². The highest BCUT2D eigenvalue weighted by atomic mass is 19.1. The van der Waals surface area contributed by atoms with Gasteiger partial charge in [0, 0.05) is 0 Å². The first-order chi connectivity index (χ1) is 5.27. The summed E-state index contributed by atoms with van der Waals surface area (Å²) >= 11 is 0. The van der Waals surface area contributed by atoms with Crippen LogP contribution in [0.2, 0.25) is 0 Å². The lowest BCUT2D eigenvalue weighted by molar-refractivity contribution is -0.137. The molecule has 2 nitrogen and oxygen atoms in total. The maximum Gasteiger partial charge on any atom is 0.335 e. The van der Waals surface area contributed by atoms with Crippen LogP contribution in [0.25, 0.3) is 0 Å². The number of rotatable bonds is 1. The predicted octanol–water partition coefficient (Wildman–Crippen LogP) is 2.49. The van der Waals surface area contributed by atoms with Crippen molar-refractivity contribution in [3.63, 3.8) is 0 Å². The molecule has 0 aromatic heterocycles. The second-order valence-electron chi connectivity index (χ2n) is 1.68. The summed E-state index contributed by atoms with van der Waals surface area (Å²) in [5, 5.41) is 7.35. The largest absolute Gasteiger partial charge is 0.479 e. The van der Waals surface area contributed by atoms with Crippen molar-refractivity contribution in [2.24, 2.45) is 0 Å². The molecule has 0 amide bonds. The summed E-state index contributed by atoms with van der Waals surface area (Å²) in [7, 11) is 0. The molecule has 16 heavy (non-hydrogen) atoms. The smallest absolute Gasteiger partial charge is 0.335 e. The van der Waals surface area contributed by atoms with Crippen molar-refractivity contribution in [2.75, 3.05) is 6.67 Å². The van der Waals surface area contributed by atoms with Crippen LogP contribution in [0.15, 0.2) is 36.4 Å². The summed E-state index contributed by atoms with van der Waals surface area (Å²) in [4.78, 5) is 8.99. The Balaban J connectivity index is -0.0000000241. The van der Waals surface area contributed by atoms with Crippen LogP contribution < -0.4 is 0 Å². The van der Waals surface area contributed by atoms with Gasteiger partial charge in [-0.2, -0.15) is 0 Å². The van der Waals surface area contributed by atoms with Gasteiger partial charge in [-0.05, 0) is 0 Å². The van der Waals surface area contributed by atoms with E-state index in [4.69, 9.17) is 9.90 Å². The minimum absolute atomic E-state index is 0. The Kier molecular flexibility index (Phi) is 67.1. The van der Waals surface area contributed by atoms with Gasteiger partial charge in [0.2, 0.25) is 0 Å². The average molecular weight is 256 g/mol. The van der Waals surface area contributed by atoms with E-state index in [0.717, 1.165) is 0 Å². The number of carboxylic acid groups (broad SMARTS) is 1. The summed E-state index contributed by atoms with van der Waals surface area (Å²) in [6.45, 7) is -1.28. The van der Waals surface area contributed by atoms with Crippen LogP contribution in [0.5, 0.6) is 0 Å². The SMILES string of the molecule is F.F.F.F.F.O=C(O)CF.c1ccccc1. The summed E-state index contributed by atoms with van der Waals surface area (Å²) < 4.78 is 10.5. The molecular weight excluding hydrogens is 242 g/mol.